The van der Waals surface area contributed by atoms with Gasteiger partial charge in [0.2, 0.25) is 0 Å². The van der Waals surface area contributed by atoms with Crippen LogP contribution < -0.4 is 5.43 Å². The predicted octanol–water partition coefficient (Wildman–Crippen LogP) is 2.87. The van der Waals surface area contributed by atoms with Crippen LogP contribution in [0.5, 0.6) is 0 Å². The average molecular weight is 286 g/mol. The highest BCUT2D eigenvalue weighted by Gasteiger charge is 2.30. The molecule has 0 radical (unpaired) electrons. The lowest BCUT2D eigenvalue weighted by atomic mass is 10.1. The Bertz CT molecular complexity index is 613. The van der Waals surface area contributed by atoms with Crippen molar-refractivity contribution in [1.29, 1.82) is 0 Å². The molecule has 5 nitrogen and oxygen atoms in total. The Morgan fingerprint density at radius 2 is 1.71 bits per heavy atom. The smallest absolute Gasteiger partial charge is 0.308 e. The summed E-state index contributed by atoms with van der Waals surface area (Å²) >= 11 is 0. The van der Waals surface area contributed by atoms with Gasteiger partial charge in [-0.1, -0.05) is 18.2 Å². The standard InChI is InChI=1S/C16H18N2O3/c1-16(2,3)18(15(20)13-10-7-11-21-13)17-14(19)12-8-5-4-6-9-12/h4-11H,1-3H3,(H,17,19). The van der Waals surface area contributed by atoms with E-state index in [1.54, 1.807) is 36.4 Å². The molecule has 0 bridgehead atoms. The van der Waals surface area contributed by atoms with Crippen LogP contribution in [0.1, 0.15) is 41.7 Å². The van der Waals surface area contributed by atoms with Crippen molar-refractivity contribution in [3.05, 3.63) is 60.1 Å². The topological polar surface area (TPSA) is 62.6 Å². The zero-order valence-corrected chi connectivity index (χ0v) is 12.3. The van der Waals surface area contributed by atoms with E-state index in [2.05, 4.69) is 5.43 Å². The van der Waals surface area contributed by atoms with Crippen LogP contribution in [0, 0.1) is 0 Å². The maximum Gasteiger partial charge on any atom is 0.308 e. The summed E-state index contributed by atoms with van der Waals surface area (Å²) in [7, 11) is 0. The first-order valence-electron chi connectivity index (χ1n) is 6.63. The first-order chi connectivity index (χ1) is 9.89. The Kier molecular flexibility index (Phi) is 4.12. The summed E-state index contributed by atoms with van der Waals surface area (Å²) in [5.74, 6) is -0.555. The maximum atomic E-state index is 12.4. The summed E-state index contributed by atoms with van der Waals surface area (Å²) in [5.41, 5.74) is 2.54. The van der Waals surface area contributed by atoms with Crippen molar-refractivity contribution >= 4 is 11.8 Å². The normalized spacial score (nSPS) is 11.0. The number of hydrogen-bond donors (Lipinski definition) is 1. The molecule has 1 N–H and O–H groups in total. The van der Waals surface area contributed by atoms with E-state index < -0.39 is 11.4 Å². The van der Waals surface area contributed by atoms with E-state index in [0.717, 1.165) is 0 Å². The van der Waals surface area contributed by atoms with Gasteiger partial charge in [-0.05, 0) is 45.0 Å². The molecule has 0 unspecified atom stereocenters. The van der Waals surface area contributed by atoms with Crippen LogP contribution in [0.15, 0.2) is 53.1 Å². The SMILES string of the molecule is CC(C)(C)N(NC(=O)c1ccccc1)C(=O)c1ccco1. The molecule has 0 aliphatic heterocycles. The highest BCUT2D eigenvalue weighted by atomic mass is 16.3. The Labute approximate surface area is 123 Å². The summed E-state index contributed by atoms with van der Waals surface area (Å²) in [6.45, 7) is 5.50. The predicted molar refractivity (Wildman–Crippen MR) is 78.5 cm³/mol. The average Bonchev–Trinajstić information content (AvgIpc) is 2.97. The van der Waals surface area contributed by atoms with Gasteiger partial charge >= 0.3 is 5.91 Å². The van der Waals surface area contributed by atoms with Crippen molar-refractivity contribution in [2.24, 2.45) is 0 Å². The fourth-order valence-electron chi connectivity index (χ4n) is 1.79. The minimum absolute atomic E-state index is 0.179. The molecule has 1 aromatic carbocycles. The Morgan fingerprint density at radius 1 is 1.05 bits per heavy atom. The lowest BCUT2D eigenvalue weighted by Crippen LogP contribution is -2.55. The van der Waals surface area contributed by atoms with Crippen molar-refractivity contribution in [1.82, 2.24) is 10.4 Å². The maximum absolute atomic E-state index is 12.4. The van der Waals surface area contributed by atoms with Gasteiger partial charge in [-0.3, -0.25) is 15.0 Å². The summed E-state index contributed by atoms with van der Waals surface area (Å²) < 4.78 is 5.12. The number of furan rings is 1. The highest BCUT2D eigenvalue weighted by Crippen LogP contribution is 2.16. The molecule has 110 valence electrons. The van der Waals surface area contributed by atoms with Crippen molar-refractivity contribution < 1.29 is 14.0 Å². The van der Waals surface area contributed by atoms with Gasteiger partial charge in [0, 0.05) is 5.56 Å². The third kappa shape index (κ3) is 3.51. The van der Waals surface area contributed by atoms with E-state index >= 15 is 0 Å². The quantitative estimate of drug-likeness (QED) is 0.863. The Balaban J connectivity index is 2.22. The Morgan fingerprint density at radius 3 is 2.24 bits per heavy atom. The second-order valence-corrected chi connectivity index (χ2v) is 5.60. The minimum atomic E-state index is -0.589. The van der Waals surface area contributed by atoms with Gasteiger partial charge in [-0.15, -0.1) is 0 Å². The van der Waals surface area contributed by atoms with E-state index in [0.29, 0.717) is 5.56 Å². The summed E-state index contributed by atoms with van der Waals surface area (Å²) in [6.07, 6.45) is 1.42. The molecule has 2 amide bonds. The fourth-order valence-corrected chi connectivity index (χ4v) is 1.79. The number of nitrogens with zero attached hydrogens (tertiary/aromatic N) is 1. The number of rotatable bonds is 2. The van der Waals surface area contributed by atoms with Crippen LogP contribution >= 0.6 is 0 Å². The molecular formula is C16H18N2O3. The molecule has 2 aromatic rings. The summed E-state index contributed by atoms with van der Waals surface area (Å²) in [4.78, 5) is 24.7. The van der Waals surface area contributed by atoms with Crippen LogP contribution in [0.4, 0.5) is 0 Å². The second-order valence-electron chi connectivity index (χ2n) is 5.60. The molecule has 0 atom stereocenters. The molecule has 1 aromatic heterocycles. The van der Waals surface area contributed by atoms with Crippen LogP contribution in [-0.2, 0) is 0 Å². The van der Waals surface area contributed by atoms with E-state index in [1.165, 1.54) is 11.3 Å². The minimum Gasteiger partial charge on any atom is -0.459 e. The van der Waals surface area contributed by atoms with E-state index in [4.69, 9.17) is 4.42 Å². The van der Waals surface area contributed by atoms with E-state index in [-0.39, 0.29) is 11.7 Å². The third-order valence-corrected chi connectivity index (χ3v) is 2.86. The van der Waals surface area contributed by atoms with Gasteiger partial charge in [0.05, 0.1) is 11.8 Å². The molecular weight excluding hydrogens is 268 g/mol. The number of amides is 2. The number of benzene rings is 1. The van der Waals surface area contributed by atoms with Gasteiger partial charge in [-0.25, -0.2) is 5.01 Å². The number of carbonyl (C=O) groups is 2. The number of nitrogens with one attached hydrogen (secondary N) is 1. The lowest BCUT2D eigenvalue weighted by Gasteiger charge is -2.34. The molecule has 0 aliphatic rings. The van der Waals surface area contributed by atoms with Crippen molar-refractivity contribution in [2.45, 2.75) is 26.3 Å². The van der Waals surface area contributed by atoms with Gasteiger partial charge in [-0.2, -0.15) is 0 Å². The molecule has 2 rings (SSSR count). The van der Waals surface area contributed by atoms with Crippen LogP contribution in [0.2, 0.25) is 0 Å². The highest BCUT2D eigenvalue weighted by molar-refractivity contribution is 5.98. The number of carbonyl (C=O) groups excluding carboxylic acids is 2. The second kappa shape index (κ2) is 5.83. The molecule has 0 saturated heterocycles. The summed E-state index contributed by atoms with van der Waals surface area (Å²) in [6, 6.07) is 11.9. The Hall–Kier alpha value is -2.56. The van der Waals surface area contributed by atoms with E-state index in [1.807, 2.05) is 26.8 Å². The molecule has 1 heterocycles. The van der Waals surface area contributed by atoms with Gasteiger partial charge in [0.1, 0.15) is 0 Å². The van der Waals surface area contributed by atoms with Crippen molar-refractivity contribution in [3.63, 3.8) is 0 Å². The molecule has 21 heavy (non-hydrogen) atoms. The van der Waals surface area contributed by atoms with Crippen molar-refractivity contribution in [3.8, 4) is 0 Å². The molecule has 5 heteroatoms. The molecule has 0 fully saturated rings. The molecule has 0 spiro atoms. The largest absolute Gasteiger partial charge is 0.459 e. The van der Waals surface area contributed by atoms with Crippen LogP contribution in [-0.4, -0.2) is 22.4 Å². The van der Waals surface area contributed by atoms with Gasteiger partial charge < -0.3 is 4.42 Å². The summed E-state index contributed by atoms with van der Waals surface area (Å²) in [5, 5.41) is 1.28. The number of hydrogen-bond acceptors (Lipinski definition) is 3. The van der Waals surface area contributed by atoms with Crippen molar-refractivity contribution in [2.75, 3.05) is 0 Å². The third-order valence-electron chi connectivity index (χ3n) is 2.86. The molecule has 0 aliphatic carbocycles. The van der Waals surface area contributed by atoms with Crippen LogP contribution in [0.25, 0.3) is 0 Å². The zero-order valence-electron chi connectivity index (χ0n) is 12.3. The first kappa shape index (κ1) is 14.8. The molecule has 0 saturated carbocycles. The van der Waals surface area contributed by atoms with Gasteiger partial charge in [0.25, 0.3) is 5.91 Å². The zero-order chi connectivity index (χ0) is 15.5. The number of hydrazine groups is 1. The van der Waals surface area contributed by atoms with E-state index in [9.17, 15) is 9.59 Å². The monoisotopic (exact) mass is 286 g/mol. The first-order valence-corrected chi connectivity index (χ1v) is 6.63. The fraction of sp³-hybridized carbons (Fsp3) is 0.250. The lowest BCUT2D eigenvalue weighted by molar-refractivity contribution is 0.0333. The van der Waals surface area contributed by atoms with Gasteiger partial charge in [0.15, 0.2) is 5.76 Å². The van der Waals surface area contributed by atoms with Crippen LogP contribution in [0.3, 0.4) is 0 Å².